The van der Waals surface area contributed by atoms with Crippen molar-refractivity contribution in [2.45, 2.75) is 51.4 Å². The predicted octanol–water partition coefficient (Wildman–Crippen LogP) is 5.07. The lowest BCUT2D eigenvalue weighted by Gasteiger charge is -2.36. The number of thiocarbonyl (C=S) groups is 1. The first kappa shape index (κ1) is 15.8. The molecule has 1 aromatic carbocycles. The van der Waals surface area contributed by atoms with Gasteiger partial charge in [-0.25, -0.2) is 0 Å². The molecule has 0 amide bonds. The largest absolute Gasteiger partial charge is 0.349 e. The van der Waals surface area contributed by atoms with E-state index in [2.05, 4.69) is 22.3 Å². The summed E-state index contributed by atoms with van der Waals surface area (Å²) in [7, 11) is 0. The van der Waals surface area contributed by atoms with Gasteiger partial charge in [-0.2, -0.15) is 0 Å². The molecule has 120 valence electrons. The van der Waals surface area contributed by atoms with E-state index in [0.717, 1.165) is 35.7 Å². The smallest absolute Gasteiger partial charge is 0.173 e. The van der Waals surface area contributed by atoms with Gasteiger partial charge in [-0.1, -0.05) is 50.3 Å². The molecule has 1 aliphatic heterocycles. The molecule has 2 aliphatic rings. The first-order valence-electron chi connectivity index (χ1n) is 8.92. The van der Waals surface area contributed by atoms with Crippen LogP contribution in [0.5, 0.6) is 0 Å². The van der Waals surface area contributed by atoms with E-state index in [1.54, 1.807) is 0 Å². The maximum atomic E-state index is 5.57. The molecule has 1 N–H and O–H groups in total. The van der Waals surface area contributed by atoms with Crippen molar-refractivity contribution >= 4 is 23.0 Å². The first-order valence-corrected chi connectivity index (χ1v) is 9.33. The summed E-state index contributed by atoms with van der Waals surface area (Å²) in [5, 5.41) is 4.26. The summed E-state index contributed by atoms with van der Waals surface area (Å²) in [6, 6.07) is 10.3. The van der Waals surface area contributed by atoms with Gasteiger partial charge in [0.2, 0.25) is 0 Å². The van der Waals surface area contributed by atoms with E-state index in [9.17, 15) is 0 Å². The number of nitrogens with zero attached hydrogens (tertiary/aromatic N) is 1. The Kier molecular flexibility index (Phi) is 5.71. The molecular formula is C19H28N2S. The zero-order valence-corrected chi connectivity index (χ0v) is 14.3. The van der Waals surface area contributed by atoms with Crippen molar-refractivity contribution in [1.29, 1.82) is 0 Å². The molecule has 1 heterocycles. The molecule has 1 saturated heterocycles. The van der Waals surface area contributed by atoms with Crippen LogP contribution in [0.25, 0.3) is 0 Å². The van der Waals surface area contributed by atoms with Gasteiger partial charge in [-0.15, -0.1) is 0 Å². The van der Waals surface area contributed by atoms with Crippen LogP contribution < -0.4 is 5.32 Å². The Morgan fingerprint density at radius 3 is 2.27 bits per heavy atom. The minimum atomic E-state index is 0.891. The van der Waals surface area contributed by atoms with Crippen LogP contribution in [0, 0.1) is 11.8 Å². The summed E-state index contributed by atoms with van der Waals surface area (Å²) >= 11 is 5.57. The second kappa shape index (κ2) is 7.96. The third-order valence-electron chi connectivity index (χ3n) is 5.32. The number of nitrogens with one attached hydrogen (secondary N) is 1. The molecule has 3 heteroatoms. The normalized spacial score (nSPS) is 20.8. The molecule has 3 rings (SSSR count). The van der Waals surface area contributed by atoms with E-state index in [0.29, 0.717) is 0 Å². The molecule has 0 bridgehead atoms. The van der Waals surface area contributed by atoms with E-state index < -0.39 is 0 Å². The monoisotopic (exact) mass is 316 g/mol. The van der Waals surface area contributed by atoms with Crippen molar-refractivity contribution in [2.75, 3.05) is 18.4 Å². The number of hydrogen-bond acceptors (Lipinski definition) is 1. The highest BCUT2D eigenvalue weighted by Gasteiger charge is 2.24. The van der Waals surface area contributed by atoms with Crippen molar-refractivity contribution in [3.05, 3.63) is 30.3 Å². The van der Waals surface area contributed by atoms with Crippen LogP contribution in [0.2, 0.25) is 0 Å². The molecule has 0 spiro atoms. The Hall–Kier alpha value is -1.09. The number of likely N-dealkylation sites (tertiary alicyclic amines) is 1. The van der Waals surface area contributed by atoms with E-state index in [-0.39, 0.29) is 0 Å². The van der Waals surface area contributed by atoms with E-state index in [1.807, 2.05) is 18.2 Å². The molecule has 2 nitrogen and oxygen atoms in total. The number of rotatable bonds is 3. The third-order valence-corrected chi connectivity index (χ3v) is 5.68. The van der Waals surface area contributed by atoms with Crippen LogP contribution in [0.1, 0.15) is 51.4 Å². The molecular weight excluding hydrogens is 288 g/mol. The van der Waals surface area contributed by atoms with Gasteiger partial charge >= 0.3 is 0 Å². The van der Waals surface area contributed by atoms with Crippen LogP contribution in [-0.4, -0.2) is 23.1 Å². The van der Waals surface area contributed by atoms with Crippen LogP contribution in [-0.2, 0) is 0 Å². The van der Waals surface area contributed by atoms with Crippen LogP contribution in [0.3, 0.4) is 0 Å². The average Bonchev–Trinajstić information content (AvgIpc) is 2.57. The third kappa shape index (κ3) is 4.45. The van der Waals surface area contributed by atoms with Crippen LogP contribution in [0.4, 0.5) is 5.69 Å². The summed E-state index contributed by atoms with van der Waals surface area (Å²) in [6.07, 6.45) is 11.5. The number of hydrogen-bond donors (Lipinski definition) is 1. The second-order valence-electron chi connectivity index (χ2n) is 6.97. The van der Waals surface area contributed by atoms with Crippen LogP contribution >= 0.6 is 12.2 Å². The van der Waals surface area contributed by atoms with Crippen molar-refractivity contribution in [3.8, 4) is 0 Å². The molecule has 22 heavy (non-hydrogen) atoms. The van der Waals surface area contributed by atoms with Gasteiger partial charge in [-0.3, -0.25) is 0 Å². The predicted molar refractivity (Wildman–Crippen MR) is 98.2 cm³/mol. The fraction of sp³-hybridized carbons (Fsp3) is 0.632. The van der Waals surface area contributed by atoms with E-state index >= 15 is 0 Å². The average molecular weight is 317 g/mol. The number of anilines is 1. The van der Waals surface area contributed by atoms with Gasteiger partial charge in [0.05, 0.1) is 0 Å². The van der Waals surface area contributed by atoms with Gasteiger partial charge in [-0.05, 0) is 55.4 Å². The van der Waals surface area contributed by atoms with E-state index in [1.165, 1.54) is 51.4 Å². The highest BCUT2D eigenvalue weighted by Crippen LogP contribution is 2.32. The highest BCUT2D eigenvalue weighted by molar-refractivity contribution is 7.80. The minimum Gasteiger partial charge on any atom is -0.349 e. The minimum absolute atomic E-state index is 0.891. The quantitative estimate of drug-likeness (QED) is 0.784. The molecule has 0 aromatic heterocycles. The van der Waals surface area contributed by atoms with E-state index in [4.69, 9.17) is 12.2 Å². The zero-order chi connectivity index (χ0) is 15.2. The standard InChI is InChI=1S/C19H28N2S/c22-19(20-18-9-5-2-6-10-18)21-13-11-17(12-14-21)15-16-7-3-1-4-8-16/h2,5-6,9-10,16-17H,1,3-4,7-8,11-15H2,(H,20,22). The van der Waals surface area contributed by atoms with Gasteiger partial charge in [0, 0.05) is 18.8 Å². The molecule has 1 aliphatic carbocycles. The molecule has 0 unspecified atom stereocenters. The summed E-state index contributed by atoms with van der Waals surface area (Å²) in [6.45, 7) is 2.24. The lowest BCUT2D eigenvalue weighted by Crippen LogP contribution is -2.41. The molecule has 0 radical (unpaired) electrons. The van der Waals surface area contributed by atoms with Gasteiger partial charge in [0.1, 0.15) is 0 Å². The van der Waals surface area contributed by atoms with Crippen molar-refractivity contribution in [1.82, 2.24) is 4.90 Å². The summed E-state index contributed by atoms with van der Waals surface area (Å²) < 4.78 is 0. The Bertz CT molecular complexity index is 460. The summed E-state index contributed by atoms with van der Waals surface area (Å²) in [5.41, 5.74) is 1.09. The maximum absolute atomic E-state index is 5.57. The topological polar surface area (TPSA) is 15.3 Å². The highest BCUT2D eigenvalue weighted by atomic mass is 32.1. The van der Waals surface area contributed by atoms with Crippen molar-refractivity contribution in [3.63, 3.8) is 0 Å². The van der Waals surface area contributed by atoms with Gasteiger partial charge in [0.15, 0.2) is 5.11 Å². The SMILES string of the molecule is S=C(Nc1ccccc1)N1CCC(CC2CCCCC2)CC1. The molecule has 1 saturated carbocycles. The summed E-state index contributed by atoms with van der Waals surface area (Å²) in [4.78, 5) is 2.35. The Labute approximate surface area is 140 Å². The Morgan fingerprint density at radius 1 is 0.955 bits per heavy atom. The lowest BCUT2D eigenvalue weighted by atomic mass is 9.80. The number of para-hydroxylation sites is 1. The van der Waals surface area contributed by atoms with Gasteiger partial charge in [0.25, 0.3) is 0 Å². The first-order chi connectivity index (χ1) is 10.8. The van der Waals surface area contributed by atoms with Crippen molar-refractivity contribution < 1.29 is 0 Å². The second-order valence-corrected chi connectivity index (χ2v) is 7.35. The van der Waals surface area contributed by atoms with Gasteiger partial charge < -0.3 is 10.2 Å². The summed E-state index contributed by atoms with van der Waals surface area (Å²) in [5.74, 6) is 1.94. The van der Waals surface area contributed by atoms with Crippen LogP contribution in [0.15, 0.2) is 30.3 Å². The fourth-order valence-electron chi connectivity index (χ4n) is 3.99. The maximum Gasteiger partial charge on any atom is 0.173 e. The molecule has 2 fully saturated rings. The lowest BCUT2D eigenvalue weighted by molar-refractivity contribution is 0.210. The molecule has 1 aromatic rings. The van der Waals surface area contributed by atoms with Crippen molar-refractivity contribution in [2.24, 2.45) is 11.8 Å². The fourth-order valence-corrected chi connectivity index (χ4v) is 4.29. The molecule has 0 atom stereocenters. The zero-order valence-electron chi connectivity index (χ0n) is 13.5. The number of benzene rings is 1. The Balaban J connectivity index is 1.42. The number of piperidine rings is 1. The Morgan fingerprint density at radius 2 is 1.59 bits per heavy atom.